The number of hydrogen-bond acceptors (Lipinski definition) is 16. The Hall–Kier alpha value is -6.76. The third-order valence-electron chi connectivity index (χ3n) is 15.6. The number of cyclic esters (lactones) is 2. The van der Waals surface area contributed by atoms with Crippen molar-refractivity contribution in [2.24, 2.45) is 28.6 Å². The highest BCUT2D eigenvalue weighted by Gasteiger charge is 2.43. The molecular weight excluding hydrogens is 1170 g/mol. The lowest BCUT2D eigenvalue weighted by Crippen LogP contribution is -2.55. The summed E-state index contributed by atoms with van der Waals surface area (Å²) >= 11 is 6.40. The molecule has 0 aromatic heterocycles. The zero-order valence-corrected chi connectivity index (χ0v) is 53.6. The first-order valence-electron chi connectivity index (χ1n) is 29.3. The van der Waals surface area contributed by atoms with Crippen LogP contribution in [0.5, 0.6) is 5.75 Å². The maximum absolute atomic E-state index is 14.2. The van der Waals surface area contributed by atoms with Gasteiger partial charge in [0.2, 0.25) is 29.5 Å². The Balaban J connectivity index is 1.72. The Morgan fingerprint density at radius 3 is 2.10 bits per heavy atom. The van der Waals surface area contributed by atoms with Crippen molar-refractivity contribution in [3.63, 3.8) is 0 Å². The molecule has 87 heavy (non-hydrogen) atoms. The lowest BCUT2D eigenvalue weighted by atomic mass is 9.83. The number of carbonyl (C=O) groups excluding carboxylic acids is 9. The number of aliphatic hydroxyl groups excluding tert-OH is 1. The number of carboxylic acid groups (broad SMARTS) is 1. The van der Waals surface area contributed by atoms with Crippen molar-refractivity contribution in [2.75, 3.05) is 32.5 Å². The smallest absolute Gasteiger partial charge is 0.347 e. The Morgan fingerprint density at radius 2 is 1.52 bits per heavy atom. The second-order valence-corrected chi connectivity index (χ2v) is 26.5. The summed E-state index contributed by atoms with van der Waals surface area (Å²) in [6.07, 6.45) is -2.12. The molecule has 2 aromatic carbocycles. The van der Waals surface area contributed by atoms with Crippen LogP contribution in [0.3, 0.4) is 0 Å². The van der Waals surface area contributed by atoms with Crippen LogP contribution in [-0.4, -0.2) is 156 Å². The van der Waals surface area contributed by atoms with E-state index in [1.807, 2.05) is 32.9 Å². The largest absolute Gasteiger partial charge is 0.495 e. The van der Waals surface area contributed by atoms with E-state index in [9.17, 15) is 66.6 Å². The van der Waals surface area contributed by atoms with Gasteiger partial charge in [0.1, 0.15) is 23.7 Å². The molecule has 9 atom stereocenters. The molecule has 1 aliphatic rings. The Labute approximate surface area is 515 Å². The fourth-order valence-electron chi connectivity index (χ4n) is 9.45. The highest BCUT2D eigenvalue weighted by atomic mass is 35.5. The molecule has 0 unspecified atom stereocenters. The molecule has 2 aromatic rings. The molecule has 0 spiro atoms. The van der Waals surface area contributed by atoms with Gasteiger partial charge in [0.25, 0.3) is 10.1 Å². The predicted molar refractivity (Wildman–Crippen MR) is 324 cm³/mol. The van der Waals surface area contributed by atoms with E-state index in [1.54, 1.807) is 85.7 Å². The van der Waals surface area contributed by atoms with Crippen molar-refractivity contribution in [3.05, 3.63) is 76.3 Å². The van der Waals surface area contributed by atoms with Crippen LogP contribution < -0.4 is 26.0 Å². The van der Waals surface area contributed by atoms with Gasteiger partial charge in [-0.25, -0.2) is 4.79 Å². The summed E-state index contributed by atoms with van der Waals surface area (Å²) in [6, 6.07) is 9.30. The van der Waals surface area contributed by atoms with Crippen LogP contribution in [0, 0.1) is 28.6 Å². The standard InChI is InChI=1S/C62H90ClN5O18S/c1-36(2)45(34-44(69)26-29-68(30-27-55(74)75)54(73)25-24-52(71)64-28-31-87(81,82)83)57(77)65-39(5)48(70)22-18-41-16-20-43(21-17-41)37(3)56(76)38(4)49-14-13-15-53(72)67-47(33-42-19-23-50(84-12)46(63)32-42)58(78)66-40(6)62(10,11)60(80)86-51(59(79)85-49)35-61(7,8)9/h13,15-17,19-21,23,32,36-40,45,47,49,51,56,76H,14,18,22,24-31,33-35H2,1-12H3,(H,64,71)(H,65,77)(H,66,78)(H,67,72)(H,74,75)(H,81,82,83)/b15-13+/t37-,38+,39+,40+,45+,47-,49+,51+,56+/m1/s1. The number of aliphatic hydroxyl groups is 1. The molecule has 0 radical (unpaired) electrons. The second-order valence-electron chi connectivity index (χ2n) is 24.5. The maximum Gasteiger partial charge on any atom is 0.347 e. The maximum atomic E-state index is 14.2. The van der Waals surface area contributed by atoms with Crippen LogP contribution in [0.4, 0.5) is 0 Å². The molecule has 3 rings (SSSR count). The monoisotopic (exact) mass is 1260 g/mol. The highest BCUT2D eigenvalue weighted by Crippen LogP contribution is 2.33. The van der Waals surface area contributed by atoms with Crippen molar-refractivity contribution in [1.82, 2.24) is 26.2 Å². The van der Waals surface area contributed by atoms with E-state index < -0.39 is 141 Å². The predicted octanol–water partition coefficient (Wildman–Crippen LogP) is 5.64. The number of ketones is 2. The van der Waals surface area contributed by atoms with Crippen molar-refractivity contribution in [1.29, 1.82) is 0 Å². The van der Waals surface area contributed by atoms with Gasteiger partial charge in [-0.1, -0.05) is 96.5 Å². The minimum Gasteiger partial charge on any atom is -0.495 e. The number of carbonyl (C=O) groups is 10. The fourth-order valence-corrected chi connectivity index (χ4v) is 10.1. The fraction of sp³-hybridized carbons (Fsp3) is 0.613. The van der Waals surface area contributed by atoms with Crippen LogP contribution in [0.2, 0.25) is 5.02 Å². The van der Waals surface area contributed by atoms with Crippen molar-refractivity contribution in [3.8, 4) is 5.75 Å². The number of aryl methyl sites for hydroxylation is 1. The summed E-state index contributed by atoms with van der Waals surface area (Å²) in [6.45, 7) is 18.1. The minimum absolute atomic E-state index is 0.0229. The zero-order valence-electron chi connectivity index (χ0n) is 52.1. The van der Waals surface area contributed by atoms with Gasteiger partial charge in [-0.3, -0.25) is 47.7 Å². The topological polar surface area (TPSA) is 345 Å². The summed E-state index contributed by atoms with van der Waals surface area (Å²) in [5.41, 5.74) is 0.192. The number of nitrogens with zero attached hydrogens (tertiary/aromatic N) is 1. The molecule has 0 saturated carbocycles. The van der Waals surface area contributed by atoms with E-state index in [1.165, 1.54) is 19.3 Å². The summed E-state index contributed by atoms with van der Waals surface area (Å²) in [7, 11) is -2.85. The first kappa shape index (κ1) is 74.5. The van der Waals surface area contributed by atoms with Crippen molar-refractivity contribution in [2.45, 2.75) is 183 Å². The molecule has 5 amide bonds. The lowest BCUT2D eigenvalue weighted by molar-refractivity contribution is -0.182. The van der Waals surface area contributed by atoms with Gasteiger partial charge < -0.3 is 50.6 Å². The summed E-state index contributed by atoms with van der Waals surface area (Å²) in [5, 5.41) is 32.1. The number of benzene rings is 2. The number of nitrogens with one attached hydrogen (secondary N) is 4. The summed E-state index contributed by atoms with van der Waals surface area (Å²) in [5.74, 6) is -9.38. The number of methoxy groups -OCH3 is 1. The number of halogens is 1. The quantitative estimate of drug-likeness (QED) is 0.0382. The normalized spacial score (nSPS) is 20.0. The molecule has 1 aliphatic heterocycles. The number of Topliss-reactive ketones (excluding diaryl/α,β-unsaturated/α-hetero) is 2. The van der Waals surface area contributed by atoms with Gasteiger partial charge in [0.15, 0.2) is 11.9 Å². The molecule has 1 heterocycles. The van der Waals surface area contributed by atoms with Crippen molar-refractivity contribution < 1.29 is 85.3 Å². The van der Waals surface area contributed by atoms with Crippen LogP contribution in [-0.2, 0) is 80.4 Å². The lowest BCUT2D eigenvalue weighted by Gasteiger charge is -2.35. The average Bonchev–Trinajstić information content (AvgIpc) is 3.37. The molecule has 0 fully saturated rings. The van der Waals surface area contributed by atoms with Gasteiger partial charge in [-0.05, 0) is 80.3 Å². The molecule has 484 valence electrons. The summed E-state index contributed by atoms with van der Waals surface area (Å²) in [4.78, 5) is 134. The second kappa shape index (κ2) is 34.1. The Morgan fingerprint density at radius 1 is 0.885 bits per heavy atom. The molecule has 7 N–H and O–H groups in total. The number of ether oxygens (including phenoxy) is 3. The van der Waals surface area contributed by atoms with E-state index in [4.69, 9.17) is 30.4 Å². The molecule has 23 nitrogen and oxygen atoms in total. The van der Waals surface area contributed by atoms with Crippen LogP contribution >= 0.6 is 11.6 Å². The first-order valence-corrected chi connectivity index (χ1v) is 31.3. The van der Waals surface area contributed by atoms with Crippen LogP contribution in [0.15, 0.2) is 54.6 Å². The van der Waals surface area contributed by atoms with Crippen LogP contribution in [0.25, 0.3) is 0 Å². The van der Waals surface area contributed by atoms with E-state index in [0.717, 1.165) is 10.5 Å². The van der Waals surface area contributed by atoms with Gasteiger partial charge in [-0.2, -0.15) is 8.42 Å². The SMILES string of the molecule is COc1ccc(C[C@H]2NC(=O)/C=C/C[C@@H]([C@H](C)[C@@H](O)[C@H](C)c3ccc(CCC(=O)[C@H](C)NC(=O)[C@@H](CC(=O)CCN(CCC(=O)O)C(=O)CCC(=O)NCCS(=O)(=O)O)C(C)C)cc3)OC(=O)[C@H](CC(C)(C)C)OC(=O)C(C)(C)[C@H](C)NC2=O)cc1Cl. The number of aliphatic carboxylic acids is 1. The molecule has 0 saturated heterocycles. The zero-order chi connectivity index (χ0) is 65.7. The van der Waals surface area contributed by atoms with E-state index >= 15 is 0 Å². The van der Waals surface area contributed by atoms with Crippen molar-refractivity contribution >= 4 is 80.7 Å². The third-order valence-corrected chi connectivity index (χ3v) is 16.6. The van der Waals surface area contributed by atoms with Gasteiger partial charge in [0.05, 0.1) is 41.9 Å². The van der Waals surface area contributed by atoms with Gasteiger partial charge in [-0.15, -0.1) is 0 Å². The number of amides is 5. The van der Waals surface area contributed by atoms with Gasteiger partial charge in [0, 0.05) is 94.8 Å². The first-order chi connectivity index (χ1) is 40.4. The third kappa shape index (κ3) is 25.5. The number of rotatable bonds is 29. The minimum atomic E-state index is -4.32. The average molecular weight is 1260 g/mol. The molecular formula is C62H90ClN5O18S. The number of hydrogen-bond donors (Lipinski definition) is 7. The number of carboxylic acids is 1. The highest BCUT2D eigenvalue weighted by molar-refractivity contribution is 7.85. The molecule has 25 heteroatoms. The molecule has 0 bridgehead atoms. The molecule has 0 aliphatic carbocycles. The summed E-state index contributed by atoms with van der Waals surface area (Å²) < 4.78 is 48.1. The van der Waals surface area contributed by atoms with E-state index in [2.05, 4.69) is 21.3 Å². The number of esters is 2. The Bertz CT molecular complexity index is 2890. The Kier molecular flexibility index (Phi) is 29.2. The van der Waals surface area contributed by atoms with E-state index in [-0.39, 0.29) is 82.7 Å². The van der Waals surface area contributed by atoms with Gasteiger partial charge >= 0.3 is 17.9 Å². The van der Waals surface area contributed by atoms with E-state index in [0.29, 0.717) is 28.3 Å². The van der Waals surface area contributed by atoms with Crippen LogP contribution in [0.1, 0.15) is 150 Å².